The van der Waals surface area contributed by atoms with Gasteiger partial charge in [0.05, 0.1) is 34.7 Å². The molecule has 37 heavy (non-hydrogen) atoms. The molecular weight excluding hydrogens is 601 g/mol. The second-order valence-electron chi connectivity index (χ2n) is 9.03. The fraction of sp³-hybridized carbons (Fsp3) is 0.250. The third kappa shape index (κ3) is 5.05. The van der Waals surface area contributed by atoms with Gasteiger partial charge < -0.3 is 9.64 Å². The number of hydrogen-bond acceptors (Lipinski definition) is 6. The quantitative estimate of drug-likeness (QED) is 0.193. The second kappa shape index (κ2) is 10.9. The normalized spacial score (nSPS) is 19.7. The van der Waals surface area contributed by atoms with Crippen molar-refractivity contribution in [1.29, 1.82) is 0 Å². The third-order valence-corrected chi connectivity index (χ3v) is 10.1. The smallest absolute Gasteiger partial charge is 0.239 e. The number of benzene rings is 3. The molecule has 2 aliphatic heterocycles. The van der Waals surface area contributed by atoms with Crippen LogP contribution < -0.4 is 10.9 Å². The maximum atomic E-state index is 14.2. The molecule has 2 unspecified atom stereocenters. The molecule has 192 valence electrons. The molecule has 5 rings (SSSR count). The largest absolute Gasteiger partial charge is 0.378 e. The van der Waals surface area contributed by atoms with Crippen LogP contribution in [0.3, 0.4) is 0 Å². The molecule has 9 heteroatoms. The first-order valence-electron chi connectivity index (χ1n) is 12.1. The SMILES string of the molecule is NN(C1=C(C(I)C(=O)N2CCOCC2)C(Cc2ccccc2)S(=O)(=O)c2ccccc21)c1ccccc1. The summed E-state index contributed by atoms with van der Waals surface area (Å²) in [7, 11) is -3.83. The van der Waals surface area contributed by atoms with E-state index in [-0.39, 0.29) is 17.2 Å². The Morgan fingerprint density at radius 2 is 1.57 bits per heavy atom. The predicted octanol–water partition coefficient (Wildman–Crippen LogP) is 3.84. The van der Waals surface area contributed by atoms with Crippen molar-refractivity contribution in [1.82, 2.24) is 4.90 Å². The summed E-state index contributed by atoms with van der Waals surface area (Å²) in [5.41, 5.74) is 3.14. The zero-order valence-electron chi connectivity index (χ0n) is 20.2. The van der Waals surface area contributed by atoms with Gasteiger partial charge in [0.25, 0.3) is 0 Å². The molecule has 0 radical (unpaired) electrons. The van der Waals surface area contributed by atoms with Gasteiger partial charge in [0.15, 0.2) is 9.84 Å². The van der Waals surface area contributed by atoms with Gasteiger partial charge in [-0.1, -0.05) is 89.3 Å². The van der Waals surface area contributed by atoms with Crippen LogP contribution in [0.4, 0.5) is 5.69 Å². The Hall–Kier alpha value is -2.73. The van der Waals surface area contributed by atoms with Crippen LogP contribution in [-0.4, -0.2) is 54.7 Å². The molecule has 0 saturated carbocycles. The Morgan fingerprint density at radius 3 is 2.24 bits per heavy atom. The fourth-order valence-corrected chi connectivity index (χ4v) is 8.34. The Balaban J connectivity index is 1.74. The van der Waals surface area contributed by atoms with E-state index in [1.54, 1.807) is 29.2 Å². The summed E-state index contributed by atoms with van der Waals surface area (Å²) in [6.07, 6.45) is 0.231. The Labute approximate surface area is 230 Å². The summed E-state index contributed by atoms with van der Waals surface area (Å²) in [5, 5.41) is 0.570. The highest BCUT2D eigenvalue weighted by atomic mass is 127. The zero-order chi connectivity index (χ0) is 26.0. The second-order valence-corrected chi connectivity index (χ2v) is 12.4. The minimum atomic E-state index is -3.83. The molecule has 0 bridgehead atoms. The summed E-state index contributed by atoms with van der Waals surface area (Å²) in [6.45, 7) is 1.86. The van der Waals surface area contributed by atoms with E-state index in [0.29, 0.717) is 48.8 Å². The molecular formula is C28H28IN3O4S. The van der Waals surface area contributed by atoms with Gasteiger partial charge in [-0.3, -0.25) is 9.80 Å². The number of nitrogens with two attached hydrogens (primary N) is 1. The lowest BCUT2D eigenvalue weighted by Crippen LogP contribution is -2.48. The summed E-state index contributed by atoms with van der Waals surface area (Å²) >= 11 is 2.09. The van der Waals surface area contributed by atoms with E-state index in [0.717, 1.165) is 5.56 Å². The van der Waals surface area contributed by atoms with E-state index in [4.69, 9.17) is 10.6 Å². The van der Waals surface area contributed by atoms with Crippen LogP contribution in [-0.2, 0) is 25.8 Å². The van der Waals surface area contributed by atoms with Crippen molar-refractivity contribution in [2.45, 2.75) is 20.5 Å². The van der Waals surface area contributed by atoms with Gasteiger partial charge in [-0.25, -0.2) is 14.3 Å². The lowest BCUT2D eigenvalue weighted by molar-refractivity contribution is -0.133. The average Bonchev–Trinajstić information content (AvgIpc) is 2.95. The van der Waals surface area contributed by atoms with E-state index in [9.17, 15) is 13.2 Å². The molecule has 1 fully saturated rings. The lowest BCUT2D eigenvalue weighted by Gasteiger charge is -2.38. The number of carbonyl (C=O) groups excluding carboxylic acids is 1. The molecule has 2 atom stereocenters. The topological polar surface area (TPSA) is 92.9 Å². The highest BCUT2D eigenvalue weighted by Crippen LogP contribution is 2.44. The van der Waals surface area contributed by atoms with E-state index < -0.39 is 19.0 Å². The number of rotatable bonds is 6. The van der Waals surface area contributed by atoms with Gasteiger partial charge in [0, 0.05) is 18.7 Å². The van der Waals surface area contributed by atoms with Crippen molar-refractivity contribution in [3.8, 4) is 0 Å². The average molecular weight is 630 g/mol. The van der Waals surface area contributed by atoms with E-state index in [1.165, 1.54) is 5.01 Å². The molecule has 0 aromatic heterocycles. The van der Waals surface area contributed by atoms with Crippen LogP contribution in [0.1, 0.15) is 11.1 Å². The van der Waals surface area contributed by atoms with E-state index in [2.05, 4.69) is 22.6 Å². The molecule has 1 amide bonds. The van der Waals surface area contributed by atoms with E-state index >= 15 is 0 Å². The van der Waals surface area contributed by atoms with Crippen molar-refractivity contribution in [3.63, 3.8) is 0 Å². The third-order valence-electron chi connectivity index (χ3n) is 6.80. The van der Waals surface area contributed by atoms with Gasteiger partial charge in [0.1, 0.15) is 3.92 Å². The first-order valence-corrected chi connectivity index (χ1v) is 14.9. The summed E-state index contributed by atoms with van der Waals surface area (Å²) in [5.74, 6) is 6.63. The fourth-order valence-electron chi connectivity index (χ4n) is 4.93. The maximum absolute atomic E-state index is 14.2. The Morgan fingerprint density at radius 1 is 0.973 bits per heavy atom. The van der Waals surface area contributed by atoms with Crippen LogP contribution in [0, 0.1) is 0 Å². The summed E-state index contributed by atoms with van der Waals surface area (Å²) < 4.78 is 33.1. The number of hydrazine groups is 1. The van der Waals surface area contributed by atoms with Crippen LogP contribution in [0.2, 0.25) is 0 Å². The van der Waals surface area contributed by atoms with Gasteiger partial charge in [-0.2, -0.15) is 0 Å². The van der Waals surface area contributed by atoms with Crippen molar-refractivity contribution in [3.05, 3.63) is 102 Å². The summed E-state index contributed by atoms with van der Waals surface area (Å²) in [6, 6.07) is 25.8. The lowest BCUT2D eigenvalue weighted by atomic mass is 9.94. The zero-order valence-corrected chi connectivity index (χ0v) is 23.1. The minimum absolute atomic E-state index is 0.134. The highest BCUT2D eigenvalue weighted by molar-refractivity contribution is 14.1. The number of ether oxygens (including phenoxy) is 1. The summed E-state index contributed by atoms with van der Waals surface area (Å²) in [4.78, 5) is 15.8. The van der Waals surface area contributed by atoms with Crippen molar-refractivity contribution in [2.24, 2.45) is 5.84 Å². The first-order chi connectivity index (χ1) is 17.9. The molecule has 2 heterocycles. The van der Waals surface area contributed by atoms with Gasteiger partial charge >= 0.3 is 0 Å². The molecule has 0 spiro atoms. The van der Waals surface area contributed by atoms with Crippen LogP contribution >= 0.6 is 22.6 Å². The van der Waals surface area contributed by atoms with Crippen LogP contribution in [0.5, 0.6) is 0 Å². The number of nitrogens with zero attached hydrogens (tertiary/aromatic N) is 2. The monoisotopic (exact) mass is 629 g/mol. The number of fused-ring (bicyclic) bond motifs is 1. The molecule has 2 aliphatic rings. The number of halogens is 1. The number of carbonyl (C=O) groups is 1. The van der Waals surface area contributed by atoms with Gasteiger partial charge in [-0.15, -0.1) is 0 Å². The van der Waals surface area contributed by atoms with Crippen molar-refractivity contribution in [2.75, 3.05) is 31.3 Å². The first kappa shape index (κ1) is 25.9. The molecule has 3 aromatic carbocycles. The number of para-hydroxylation sites is 1. The number of morpholine rings is 1. The Bertz CT molecular complexity index is 1410. The molecule has 1 saturated heterocycles. The predicted molar refractivity (Wildman–Crippen MR) is 153 cm³/mol. The standard InChI is InChI=1S/C28H28IN3O4S/c29-26(28(33)31-15-17-36-18-16-31)25-24(19-20-9-3-1-4-10-20)37(34,35)23-14-8-7-13-22(23)27(25)32(30)21-11-5-2-6-12-21/h1-14,24,26H,15-19,30H2. The number of hydrogen-bond donors (Lipinski definition) is 1. The molecule has 7 nitrogen and oxygen atoms in total. The number of anilines is 1. The van der Waals surface area contributed by atoms with Gasteiger partial charge in [0.2, 0.25) is 5.91 Å². The number of alkyl halides is 1. The number of sulfone groups is 1. The molecule has 2 N–H and O–H groups in total. The highest BCUT2D eigenvalue weighted by Gasteiger charge is 2.45. The Kier molecular flexibility index (Phi) is 7.66. The van der Waals surface area contributed by atoms with Gasteiger partial charge in [-0.05, 0) is 35.8 Å². The van der Waals surface area contributed by atoms with Crippen molar-refractivity contribution < 1.29 is 17.9 Å². The molecule has 0 aliphatic carbocycles. The van der Waals surface area contributed by atoms with Crippen LogP contribution in [0.15, 0.2) is 95.4 Å². The maximum Gasteiger partial charge on any atom is 0.239 e. The van der Waals surface area contributed by atoms with Crippen LogP contribution in [0.25, 0.3) is 5.70 Å². The minimum Gasteiger partial charge on any atom is -0.378 e. The molecule has 3 aromatic rings. The van der Waals surface area contributed by atoms with Crippen molar-refractivity contribution >= 4 is 49.7 Å². The number of amides is 1. The van der Waals surface area contributed by atoms with E-state index in [1.807, 2.05) is 60.7 Å².